The summed E-state index contributed by atoms with van der Waals surface area (Å²) in [6, 6.07) is 10.9. The molecule has 0 amide bonds. The van der Waals surface area contributed by atoms with E-state index in [1.807, 2.05) is 12.3 Å². The van der Waals surface area contributed by atoms with Crippen LogP contribution in [-0.2, 0) is 0 Å². The average molecular weight is 398 g/mol. The number of halogens is 2. The van der Waals surface area contributed by atoms with Gasteiger partial charge in [0, 0.05) is 5.38 Å². The number of nitrogens with zero attached hydrogens (tertiary/aromatic N) is 3. The van der Waals surface area contributed by atoms with Crippen LogP contribution in [0.5, 0.6) is 0 Å². The molecule has 2 aromatic carbocycles. The summed E-state index contributed by atoms with van der Waals surface area (Å²) in [6.45, 7) is 1.92. The lowest BCUT2D eigenvalue weighted by atomic mass is 10.2. The van der Waals surface area contributed by atoms with Crippen molar-refractivity contribution in [1.82, 2.24) is 14.5 Å². The minimum absolute atomic E-state index is 0.191. The summed E-state index contributed by atoms with van der Waals surface area (Å²) in [5, 5.41) is 3.45. The number of fused-ring (bicyclic) bond motifs is 1. The molecule has 27 heavy (non-hydrogen) atoms. The summed E-state index contributed by atoms with van der Waals surface area (Å²) in [5.41, 5.74) is 1.29. The normalized spacial score (nSPS) is 11.5. The second-order valence-corrected chi connectivity index (χ2v) is 7.32. The van der Waals surface area contributed by atoms with Gasteiger partial charge in [0.2, 0.25) is 0 Å². The van der Waals surface area contributed by atoms with Crippen LogP contribution in [0.25, 0.3) is 28.7 Å². The maximum absolute atomic E-state index is 13.7. The standard InChI is InChI=1S/C20H13ClFN3OS/c1-12-23-14(11-27-12)7-9-19-24-17-8-6-13(22)10-15(17)20(26)25(19)18-5-3-2-4-16(18)21/h2-11H,1H3. The van der Waals surface area contributed by atoms with Crippen molar-refractivity contribution in [1.29, 1.82) is 0 Å². The van der Waals surface area contributed by atoms with Gasteiger partial charge in [-0.1, -0.05) is 23.7 Å². The van der Waals surface area contributed by atoms with Crippen molar-refractivity contribution >= 4 is 46.0 Å². The van der Waals surface area contributed by atoms with Crippen molar-refractivity contribution in [3.63, 3.8) is 0 Å². The highest BCUT2D eigenvalue weighted by molar-refractivity contribution is 7.09. The van der Waals surface area contributed by atoms with Gasteiger partial charge in [-0.2, -0.15) is 0 Å². The van der Waals surface area contributed by atoms with E-state index in [-0.39, 0.29) is 10.9 Å². The van der Waals surface area contributed by atoms with Gasteiger partial charge in [0.1, 0.15) is 11.6 Å². The van der Waals surface area contributed by atoms with Crippen LogP contribution < -0.4 is 5.56 Å². The van der Waals surface area contributed by atoms with Gasteiger partial charge < -0.3 is 0 Å². The first-order chi connectivity index (χ1) is 13.0. The third-order valence-corrected chi connectivity index (χ3v) is 5.10. The van der Waals surface area contributed by atoms with E-state index in [1.54, 1.807) is 36.4 Å². The number of thiazole rings is 1. The zero-order chi connectivity index (χ0) is 19.0. The van der Waals surface area contributed by atoms with Crippen LogP contribution in [0.2, 0.25) is 5.02 Å². The highest BCUT2D eigenvalue weighted by Crippen LogP contribution is 2.22. The predicted molar refractivity (Wildman–Crippen MR) is 108 cm³/mol. The van der Waals surface area contributed by atoms with Crippen LogP contribution >= 0.6 is 22.9 Å². The Labute approximate surface area is 163 Å². The van der Waals surface area contributed by atoms with E-state index < -0.39 is 5.82 Å². The largest absolute Gasteiger partial charge is 0.268 e. The van der Waals surface area contributed by atoms with Crippen molar-refractivity contribution in [2.24, 2.45) is 0 Å². The first-order valence-electron chi connectivity index (χ1n) is 8.10. The molecule has 4 nitrogen and oxygen atoms in total. The van der Waals surface area contributed by atoms with E-state index in [0.717, 1.165) is 10.7 Å². The van der Waals surface area contributed by atoms with Crippen LogP contribution in [0.15, 0.2) is 52.6 Å². The Kier molecular flexibility index (Phi) is 4.59. The minimum atomic E-state index is -0.492. The molecule has 0 saturated heterocycles. The van der Waals surface area contributed by atoms with Gasteiger partial charge in [-0.25, -0.2) is 14.4 Å². The van der Waals surface area contributed by atoms with Crippen LogP contribution in [-0.4, -0.2) is 14.5 Å². The Bertz CT molecular complexity index is 1250. The molecular weight excluding hydrogens is 385 g/mol. The lowest BCUT2D eigenvalue weighted by Gasteiger charge is -2.12. The summed E-state index contributed by atoms with van der Waals surface area (Å²) in [5.74, 6) is -0.105. The smallest absolute Gasteiger partial charge is 0.266 e. The summed E-state index contributed by atoms with van der Waals surface area (Å²) in [4.78, 5) is 22.0. The van der Waals surface area contributed by atoms with E-state index in [2.05, 4.69) is 9.97 Å². The molecule has 0 fully saturated rings. The molecule has 2 aromatic heterocycles. The van der Waals surface area contributed by atoms with Gasteiger partial charge in [-0.05, 0) is 49.4 Å². The van der Waals surface area contributed by atoms with Crippen molar-refractivity contribution in [2.75, 3.05) is 0 Å². The lowest BCUT2D eigenvalue weighted by molar-refractivity contribution is 0.629. The van der Waals surface area contributed by atoms with Crippen LogP contribution in [0, 0.1) is 12.7 Å². The molecule has 0 bridgehead atoms. The summed E-state index contributed by atoms with van der Waals surface area (Å²) in [7, 11) is 0. The zero-order valence-corrected chi connectivity index (χ0v) is 15.8. The summed E-state index contributed by atoms with van der Waals surface area (Å²) >= 11 is 7.85. The van der Waals surface area contributed by atoms with Crippen LogP contribution in [0.3, 0.4) is 0 Å². The lowest BCUT2D eigenvalue weighted by Crippen LogP contribution is -2.22. The highest BCUT2D eigenvalue weighted by atomic mass is 35.5. The third-order valence-electron chi connectivity index (χ3n) is 3.99. The summed E-state index contributed by atoms with van der Waals surface area (Å²) in [6.07, 6.45) is 3.50. The molecule has 4 rings (SSSR count). The van der Waals surface area contributed by atoms with Crippen LogP contribution in [0.4, 0.5) is 4.39 Å². The molecule has 0 radical (unpaired) electrons. The number of para-hydroxylation sites is 1. The van der Waals surface area contributed by atoms with Crippen LogP contribution in [0.1, 0.15) is 16.5 Å². The number of hydrogen-bond donors (Lipinski definition) is 0. The molecule has 0 atom stereocenters. The van der Waals surface area contributed by atoms with Gasteiger partial charge in [0.25, 0.3) is 5.56 Å². The molecular formula is C20H13ClFN3OS. The van der Waals surface area contributed by atoms with Gasteiger partial charge in [-0.3, -0.25) is 9.36 Å². The molecule has 0 aliphatic carbocycles. The first-order valence-corrected chi connectivity index (χ1v) is 9.36. The van der Waals surface area contributed by atoms with E-state index in [9.17, 15) is 9.18 Å². The molecule has 0 N–H and O–H groups in total. The fourth-order valence-corrected chi connectivity index (χ4v) is 3.57. The number of aryl methyl sites for hydroxylation is 1. The first kappa shape index (κ1) is 17.6. The second-order valence-electron chi connectivity index (χ2n) is 5.85. The number of rotatable bonds is 3. The fraction of sp³-hybridized carbons (Fsp3) is 0.0500. The maximum Gasteiger partial charge on any atom is 0.266 e. The molecule has 0 aliphatic heterocycles. The van der Waals surface area contributed by atoms with E-state index >= 15 is 0 Å². The topological polar surface area (TPSA) is 47.8 Å². The van der Waals surface area contributed by atoms with E-state index in [1.165, 1.54) is 34.1 Å². The average Bonchev–Trinajstić information content (AvgIpc) is 3.07. The molecule has 0 unspecified atom stereocenters. The Morgan fingerprint density at radius 1 is 1.15 bits per heavy atom. The van der Waals surface area contributed by atoms with Gasteiger partial charge in [0.05, 0.1) is 32.3 Å². The van der Waals surface area contributed by atoms with E-state index in [4.69, 9.17) is 11.6 Å². The van der Waals surface area contributed by atoms with Gasteiger partial charge in [-0.15, -0.1) is 11.3 Å². The predicted octanol–water partition coefficient (Wildman–Crippen LogP) is 5.11. The molecule has 2 heterocycles. The van der Waals surface area contributed by atoms with Crippen molar-refractivity contribution in [3.8, 4) is 5.69 Å². The van der Waals surface area contributed by atoms with Crippen molar-refractivity contribution in [3.05, 3.63) is 85.6 Å². The molecule has 7 heteroatoms. The van der Waals surface area contributed by atoms with Crippen molar-refractivity contribution < 1.29 is 4.39 Å². The molecule has 0 aliphatic rings. The maximum atomic E-state index is 13.7. The second kappa shape index (κ2) is 7.06. The third kappa shape index (κ3) is 3.41. The van der Waals surface area contributed by atoms with Gasteiger partial charge >= 0.3 is 0 Å². The number of aromatic nitrogens is 3. The van der Waals surface area contributed by atoms with Gasteiger partial charge in [0.15, 0.2) is 0 Å². The Balaban J connectivity index is 2.00. The monoisotopic (exact) mass is 397 g/mol. The molecule has 4 aromatic rings. The number of benzene rings is 2. The van der Waals surface area contributed by atoms with Crippen molar-refractivity contribution in [2.45, 2.75) is 6.92 Å². The fourth-order valence-electron chi connectivity index (χ4n) is 2.77. The van der Waals surface area contributed by atoms with E-state index in [0.29, 0.717) is 22.1 Å². The zero-order valence-electron chi connectivity index (χ0n) is 14.2. The Morgan fingerprint density at radius 2 is 1.96 bits per heavy atom. The Hall–Kier alpha value is -2.83. The SMILES string of the molecule is Cc1nc(C=Cc2nc3ccc(F)cc3c(=O)n2-c2ccccc2Cl)cs1. The minimum Gasteiger partial charge on any atom is -0.268 e. The highest BCUT2D eigenvalue weighted by Gasteiger charge is 2.14. The number of hydrogen-bond acceptors (Lipinski definition) is 4. The molecule has 0 saturated carbocycles. The Morgan fingerprint density at radius 3 is 2.70 bits per heavy atom. The quantitative estimate of drug-likeness (QED) is 0.482. The molecule has 0 spiro atoms. The molecule has 134 valence electrons. The summed E-state index contributed by atoms with van der Waals surface area (Å²) < 4.78 is 15.1.